The van der Waals surface area contributed by atoms with Gasteiger partial charge in [0, 0.05) is 25.9 Å². The molecule has 2 aliphatic heterocycles. The largest absolute Gasteiger partial charge is 0.469 e. The van der Waals surface area contributed by atoms with Crippen molar-refractivity contribution in [2.45, 2.75) is 51.4 Å². The van der Waals surface area contributed by atoms with Crippen LogP contribution in [0.5, 0.6) is 0 Å². The lowest BCUT2D eigenvalue weighted by molar-refractivity contribution is -0.141. The third kappa shape index (κ3) is 6.53. The molecule has 11 heteroatoms. The SMILES string of the molecule is COC(=O)CCCCCN1C(=O)C2=C(c3ccc(Br)s3)N(CCCCCC(=O)OC)C(=O)C2=C1c1cccs1. The number of fused-ring (bicyclic) bond motifs is 1. The number of thiophene rings is 2. The quantitative estimate of drug-likeness (QED) is 0.191. The number of hydrogen-bond acceptors (Lipinski definition) is 8. The smallest absolute Gasteiger partial charge is 0.305 e. The maximum Gasteiger partial charge on any atom is 0.305 e. The standard InChI is InChI=1S/C28H31BrN2O6S2/c1-36-21(32)11-5-3-7-15-30-25(18-10-9-17-38-18)23-24(28(30)35)26(19-13-14-20(29)39-19)31(27(23)34)16-8-4-6-12-22(33)37-2/h9-10,13-14,17H,3-8,11-12,15-16H2,1-2H3. The minimum absolute atomic E-state index is 0.164. The Balaban J connectivity index is 1.62. The van der Waals surface area contributed by atoms with Crippen molar-refractivity contribution < 1.29 is 28.7 Å². The second-order valence-corrected chi connectivity index (χ2v) is 12.6. The van der Waals surface area contributed by atoms with E-state index in [2.05, 4.69) is 15.9 Å². The summed E-state index contributed by atoms with van der Waals surface area (Å²) in [5.41, 5.74) is 2.25. The number of methoxy groups -OCH3 is 2. The second kappa shape index (κ2) is 13.5. The number of halogens is 1. The van der Waals surface area contributed by atoms with E-state index in [1.54, 1.807) is 9.80 Å². The normalized spacial score (nSPS) is 15.1. The summed E-state index contributed by atoms with van der Waals surface area (Å²) in [6.07, 6.45) is 4.98. The average Bonchev–Trinajstić information content (AvgIpc) is 3.71. The number of hydrogen-bond donors (Lipinski definition) is 0. The van der Waals surface area contributed by atoms with Crippen LogP contribution in [0.25, 0.3) is 11.4 Å². The van der Waals surface area contributed by atoms with Gasteiger partial charge in [-0.3, -0.25) is 19.2 Å². The molecule has 0 unspecified atom stereocenters. The van der Waals surface area contributed by atoms with Crippen LogP contribution in [0.15, 0.2) is 44.6 Å². The molecule has 39 heavy (non-hydrogen) atoms. The number of nitrogens with zero attached hydrogens (tertiary/aromatic N) is 2. The first kappa shape index (κ1) is 29.2. The molecule has 0 aliphatic carbocycles. The van der Waals surface area contributed by atoms with Crippen molar-refractivity contribution in [2.75, 3.05) is 27.3 Å². The minimum Gasteiger partial charge on any atom is -0.469 e. The average molecular weight is 636 g/mol. The van der Waals surface area contributed by atoms with Crippen molar-refractivity contribution in [1.29, 1.82) is 0 Å². The van der Waals surface area contributed by atoms with E-state index in [1.807, 2.05) is 29.6 Å². The third-order valence-electron chi connectivity index (χ3n) is 6.72. The van der Waals surface area contributed by atoms with Gasteiger partial charge >= 0.3 is 11.9 Å². The van der Waals surface area contributed by atoms with Crippen LogP contribution in [0.2, 0.25) is 0 Å². The Labute approximate surface area is 244 Å². The van der Waals surface area contributed by atoms with Gasteiger partial charge in [0.1, 0.15) is 0 Å². The number of carbonyl (C=O) groups is 4. The van der Waals surface area contributed by atoms with Crippen LogP contribution in [0.3, 0.4) is 0 Å². The molecular formula is C28H31BrN2O6S2. The first-order chi connectivity index (χ1) is 18.9. The lowest BCUT2D eigenvalue weighted by Gasteiger charge is -2.24. The minimum atomic E-state index is -0.241. The van der Waals surface area contributed by atoms with Gasteiger partial charge in [-0.25, -0.2) is 0 Å². The molecule has 0 saturated carbocycles. The summed E-state index contributed by atoms with van der Waals surface area (Å²) in [4.78, 5) is 56.1. The summed E-state index contributed by atoms with van der Waals surface area (Å²) < 4.78 is 10.4. The van der Waals surface area contributed by atoms with Crippen molar-refractivity contribution in [2.24, 2.45) is 0 Å². The van der Waals surface area contributed by atoms with Gasteiger partial charge in [-0.05, 0) is 65.2 Å². The van der Waals surface area contributed by atoms with E-state index in [0.717, 1.165) is 26.4 Å². The molecule has 0 bridgehead atoms. The first-order valence-corrected chi connectivity index (χ1v) is 15.4. The van der Waals surface area contributed by atoms with Crippen LogP contribution in [0.1, 0.15) is 61.1 Å². The zero-order chi connectivity index (χ0) is 27.9. The predicted octanol–water partition coefficient (Wildman–Crippen LogP) is 5.85. The number of esters is 2. The van der Waals surface area contributed by atoms with Crippen molar-refractivity contribution in [3.63, 3.8) is 0 Å². The first-order valence-electron chi connectivity index (χ1n) is 12.9. The van der Waals surface area contributed by atoms with Gasteiger partial charge in [0.2, 0.25) is 0 Å². The van der Waals surface area contributed by atoms with Gasteiger partial charge in [0.15, 0.2) is 0 Å². The summed E-state index contributed by atoms with van der Waals surface area (Å²) in [6, 6.07) is 7.72. The van der Waals surface area contributed by atoms with E-state index >= 15 is 0 Å². The molecule has 0 radical (unpaired) electrons. The Morgan fingerprint density at radius 2 is 1.31 bits per heavy atom. The molecule has 0 fully saturated rings. The zero-order valence-corrected chi connectivity index (χ0v) is 25.2. The van der Waals surface area contributed by atoms with Crippen LogP contribution in [0, 0.1) is 0 Å². The molecule has 0 spiro atoms. The summed E-state index contributed by atoms with van der Waals surface area (Å²) in [5, 5.41) is 1.94. The molecule has 4 rings (SSSR count). The number of ether oxygens (including phenoxy) is 2. The third-order valence-corrected chi connectivity index (χ3v) is 9.23. The highest BCUT2D eigenvalue weighted by atomic mass is 79.9. The lowest BCUT2D eigenvalue weighted by atomic mass is 10.1. The van der Waals surface area contributed by atoms with E-state index in [4.69, 9.17) is 9.47 Å². The van der Waals surface area contributed by atoms with Crippen molar-refractivity contribution in [1.82, 2.24) is 9.80 Å². The van der Waals surface area contributed by atoms with E-state index in [-0.39, 0.29) is 23.8 Å². The molecule has 0 saturated heterocycles. The maximum atomic E-state index is 14.0. The monoisotopic (exact) mass is 634 g/mol. The second-order valence-electron chi connectivity index (χ2n) is 9.22. The van der Waals surface area contributed by atoms with E-state index < -0.39 is 0 Å². The van der Waals surface area contributed by atoms with Crippen LogP contribution in [-0.4, -0.2) is 60.9 Å². The Bertz CT molecular complexity index is 1300. The van der Waals surface area contributed by atoms with E-state index in [9.17, 15) is 19.2 Å². The molecule has 2 amide bonds. The van der Waals surface area contributed by atoms with Crippen LogP contribution in [-0.2, 0) is 28.7 Å². The van der Waals surface area contributed by atoms with Crippen LogP contribution < -0.4 is 0 Å². The number of carbonyl (C=O) groups excluding carboxylic acids is 4. The topological polar surface area (TPSA) is 93.2 Å². The van der Waals surface area contributed by atoms with Gasteiger partial charge in [-0.15, -0.1) is 22.7 Å². The van der Waals surface area contributed by atoms with Crippen molar-refractivity contribution in [3.05, 3.63) is 54.3 Å². The summed E-state index contributed by atoms with van der Waals surface area (Å²) in [7, 11) is 2.76. The molecule has 8 nitrogen and oxygen atoms in total. The fraction of sp³-hybridized carbons (Fsp3) is 0.429. The Morgan fingerprint density at radius 1 is 0.769 bits per heavy atom. The maximum absolute atomic E-state index is 14.0. The zero-order valence-electron chi connectivity index (χ0n) is 22.0. The highest BCUT2D eigenvalue weighted by molar-refractivity contribution is 9.11. The fourth-order valence-corrected chi connectivity index (χ4v) is 7.06. The van der Waals surface area contributed by atoms with E-state index in [0.29, 0.717) is 74.2 Å². The molecule has 2 aromatic rings. The summed E-state index contributed by atoms with van der Waals surface area (Å²) in [5.74, 6) is -0.810. The molecule has 0 N–H and O–H groups in total. The van der Waals surface area contributed by atoms with Gasteiger partial charge in [-0.2, -0.15) is 0 Å². The summed E-state index contributed by atoms with van der Waals surface area (Å²) >= 11 is 6.52. The summed E-state index contributed by atoms with van der Waals surface area (Å²) in [6.45, 7) is 0.916. The van der Waals surface area contributed by atoms with Gasteiger partial charge in [0.25, 0.3) is 11.8 Å². The number of unbranched alkanes of at least 4 members (excludes halogenated alkanes) is 4. The molecule has 0 aromatic carbocycles. The van der Waals surface area contributed by atoms with Gasteiger partial charge < -0.3 is 19.3 Å². The molecular weight excluding hydrogens is 604 g/mol. The van der Waals surface area contributed by atoms with Gasteiger partial charge in [0.05, 0.1) is 50.3 Å². The Kier molecular flexibility index (Phi) is 10.1. The number of amides is 2. The molecule has 4 heterocycles. The Morgan fingerprint density at radius 3 is 1.74 bits per heavy atom. The van der Waals surface area contributed by atoms with Crippen molar-refractivity contribution >= 4 is 73.8 Å². The van der Waals surface area contributed by atoms with Crippen LogP contribution >= 0.6 is 38.6 Å². The highest BCUT2D eigenvalue weighted by Gasteiger charge is 2.49. The van der Waals surface area contributed by atoms with E-state index in [1.165, 1.54) is 36.9 Å². The predicted molar refractivity (Wildman–Crippen MR) is 155 cm³/mol. The molecule has 2 aliphatic rings. The van der Waals surface area contributed by atoms with Crippen LogP contribution in [0.4, 0.5) is 0 Å². The Hall–Kier alpha value is -2.76. The number of rotatable bonds is 14. The van der Waals surface area contributed by atoms with Crippen molar-refractivity contribution in [3.8, 4) is 0 Å². The molecule has 0 atom stereocenters. The fourth-order valence-electron chi connectivity index (χ4n) is 4.83. The molecule has 2 aromatic heterocycles. The highest BCUT2D eigenvalue weighted by Crippen LogP contribution is 2.48. The lowest BCUT2D eigenvalue weighted by Crippen LogP contribution is -2.30. The van der Waals surface area contributed by atoms with Gasteiger partial charge in [-0.1, -0.05) is 18.9 Å². The molecule has 208 valence electrons.